The van der Waals surface area contributed by atoms with Crippen LogP contribution in [0.1, 0.15) is 133 Å². The van der Waals surface area contributed by atoms with E-state index in [-0.39, 0.29) is 0 Å². The Balaban J connectivity index is 0.000000281. The maximum Gasteiger partial charge on any atom is 0.0852 e. The van der Waals surface area contributed by atoms with Crippen molar-refractivity contribution in [1.82, 2.24) is 59.7 Å². The molecule has 0 saturated carbocycles. The number of nitrogens with zero attached hydrogens (tertiary/aromatic N) is 11. The van der Waals surface area contributed by atoms with Crippen LogP contribution >= 0.6 is 0 Å². The average molecular weight is 623 g/mol. The molecule has 0 atom stereocenters. The van der Waals surface area contributed by atoms with Gasteiger partial charge in [-0.2, -0.15) is 15.3 Å². The molecule has 0 unspecified atom stereocenters. The number of aromatic nitrogens is 12. The minimum atomic E-state index is 0.422. The molecule has 5 aromatic rings. The molecule has 12 heteroatoms. The van der Waals surface area contributed by atoms with Crippen molar-refractivity contribution in [2.45, 2.75) is 120 Å². The first kappa shape index (κ1) is 38.9. The Morgan fingerprint density at radius 1 is 0.600 bits per heavy atom. The van der Waals surface area contributed by atoms with E-state index in [4.69, 9.17) is 0 Å². The van der Waals surface area contributed by atoms with Gasteiger partial charge in [-0.15, -0.1) is 10.2 Å². The smallest absolute Gasteiger partial charge is 0.0852 e. The number of aryl methyl sites for hydroxylation is 5. The van der Waals surface area contributed by atoms with Crippen LogP contribution in [0, 0.1) is 20.8 Å². The van der Waals surface area contributed by atoms with Crippen molar-refractivity contribution in [1.29, 1.82) is 0 Å². The molecule has 0 spiro atoms. The monoisotopic (exact) mass is 622 g/mol. The summed E-state index contributed by atoms with van der Waals surface area (Å²) in [5, 5.41) is 30.6. The fraction of sp³-hybridized carbons (Fsp3) is 0.606. The minimum Gasteiger partial charge on any atom is -0.283 e. The summed E-state index contributed by atoms with van der Waals surface area (Å²) in [7, 11) is 3.81. The second-order valence-electron chi connectivity index (χ2n) is 12.7. The zero-order valence-electron chi connectivity index (χ0n) is 30.3. The topological polar surface area (TPSA) is 126 Å². The minimum absolute atomic E-state index is 0.422. The van der Waals surface area contributed by atoms with Crippen LogP contribution in [0.15, 0.2) is 43.2 Å². The highest BCUT2D eigenvalue weighted by atomic mass is 15.4. The molecule has 0 saturated heterocycles. The second kappa shape index (κ2) is 19.3. The lowest BCUT2D eigenvalue weighted by Gasteiger charge is -2.02. The summed E-state index contributed by atoms with van der Waals surface area (Å²) >= 11 is 0. The third-order valence-electron chi connectivity index (χ3n) is 6.33. The predicted octanol–water partition coefficient (Wildman–Crippen LogP) is 7.26. The Morgan fingerprint density at radius 3 is 1.44 bits per heavy atom. The van der Waals surface area contributed by atoms with Gasteiger partial charge in [0.1, 0.15) is 0 Å². The number of nitrogens with one attached hydrogen (secondary N) is 1. The lowest BCUT2D eigenvalue weighted by molar-refractivity contribution is 0.514. The first-order chi connectivity index (χ1) is 21.0. The van der Waals surface area contributed by atoms with Crippen LogP contribution in [0.3, 0.4) is 0 Å². The molecule has 0 aromatic carbocycles. The van der Waals surface area contributed by atoms with Gasteiger partial charge in [-0.05, 0) is 83.4 Å². The van der Waals surface area contributed by atoms with E-state index in [9.17, 15) is 0 Å². The zero-order valence-corrected chi connectivity index (χ0v) is 30.3. The normalized spacial score (nSPS) is 10.7. The van der Waals surface area contributed by atoms with Gasteiger partial charge in [-0.3, -0.25) is 19.1 Å². The summed E-state index contributed by atoms with van der Waals surface area (Å²) in [5.41, 5.74) is 6.84. The Morgan fingerprint density at radius 2 is 1.22 bits per heavy atom. The van der Waals surface area contributed by atoms with E-state index < -0.39 is 0 Å². The first-order valence-corrected chi connectivity index (χ1v) is 15.8. The second-order valence-corrected chi connectivity index (χ2v) is 12.7. The molecular formula is C33H58N12. The van der Waals surface area contributed by atoms with Gasteiger partial charge in [0.25, 0.3) is 0 Å². The van der Waals surface area contributed by atoms with Gasteiger partial charge in [0.15, 0.2) is 0 Å². The molecule has 12 nitrogen and oxygen atoms in total. The lowest BCUT2D eigenvalue weighted by Crippen LogP contribution is -2.00. The summed E-state index contributed by atoms with van der Waals surface area (Å²) in [6.45, 7) is 27.2. The molecule has 5 heterocycles. The lowest BCUT2D eigenvalue weighted by atomic mass is 10.1. The highest BCUT2D eigenvalue weighted by Crippen LogP contribution is 2.11. The SMILES string of the molecule is CC(C)c1cn(C)nn1.CC(C)c1cnn(C)c1.Cc1cc(C(C)C)n[nH]1.Cc1cn(C(C)C)nn1.Cc1cnn(C(C)C)c1. The molecule has 1 N–H and O–H groups in total. The first-order valence-electron chi connectivity index (χ1n) is 15.8. The molecular weight excluding hydrogens is 564 g/mol. The van der Waals surface area contributed by atoms with Crippen LogP contribution in [-0.4, -0.2) is 59.7 Å². The number of hydrogen-bond acceptors (Lipinski definition) is 7. The quantitative estimate of drug-likeness (QED) is 0.219. The van der Waals surface area contributed by atoms with Gasteiger partial charge in [0.05, 0.1) is 29.5 Å². The fourth-order valence-corrected chi connectivity index (χ4v) is 3.44. The molecule has 250 valence electrons. The highest BCUT2D eigenvalue weighted by molar-refractivity contribution is 5.10. The molecule has 0 bridgehead atoms. The Hall–Kier alpha value is -4.09. The molecule has 5 rings (SSSR count). The van der Waals surface area contributed by atoms with Crippen molar-refractivity contribution in [2.75, 3.05) is 0 Å². The summed E-state index contributed by atoms with van der Waals surface area (Å²) in [6, 6.07) is 2.98. The number of H-pyrrole nitrogens is 1. The number of rotatable bonds is 5. The van der Waals surface area contributed by atoms with Crippen LogP contribution in [-0.2, 0) is 14.1 Å². The van der Waals surface area contributed by atoms with Crippen LogP contribution in [0.4, 0.5) is 0 Å². The molecule has 0 aliphatic heterocycles. The molecule has 0 amide bonds. The van der Waals surface area contributed by atoms with Crippen LogP contribution in [0.2, 0.25) is 0 Å². The maximum atomic E-state index is 4.13. The van der Waals surface area contributed by atoms with Crippen LogP contribution < -0.4 is 0 Å². The van der Waals surface area contributed by atoms with Crippen molar-refractivity contribution >= 4 is 0 Å². The van der Waals surface area contributed by atoms with Crippen LogP contribution in [0.5, 0.6) is 0 Å². The number of hydrogen-bond donors (Lipinski definition) is 1. The van der Waals surface area contributed by atoms with E-state index in [1.165, 1.54) is 11.1 Å². The number of aromatic amines is 1. The van der Waals surface area contributed by atoms with E-state index in [1.807, 2.05) is 86.1 Å². The van der Waals surface area contributed by atoms with Gasteiger partial charge in [-0.25, -0.2) is 4.68 Å². The Kier molecular flexibility index (Phi) is 16.7. The average Bonchev–Trinajstić information content (AvgIpc) is 3.78. The molecule has 0 aliphatic carbocycles. The Bertz CT molecular complexity index is 1200. The fourth-order valence-electron chi connectivity index (χ4n) is 3.44. The van der Waals surface area contributed by atoms with Gasteiger partial charge in [0.2, 0.25) is 0 Å². The van der Waals surface area contributed by atoms with Gasteiger partial charge in [0, 0.05) is 56.7 Å². The van der Waals surface area contributed by atoms with Crippen molar-refractivity contribution in [3.63, 3.8) is 0 Å². The largest absolute Gasteiger partial charge is 0.283 e. The summed E-state index contributed by atoms with van der Waals surface area (Å²) in [4.78, 5) is 0. The maximum absolute atomic E-state index is 4.13. The highest BCUT2D eigenvalue weighted by Gasteiger charge is 2.02. The Labute approximate surface area is 270 Å². The summed E-state index contributed by atoms with van der Waals surface area (Å²) in [5.74, 6) is 1.62. The molecule has 5 aromatic heterocycles. The molecule has 0 aliphatic rings. The van der Waals surface area contributed by atoms with Crippen molar-refractivity contribution in [3.05, 3.63) is 77.2 Å². The van der Waals surface area contributed by atoms with Gasteiger partial charge < -0.3 is 0 Å². The van der Waals surface area contributed by atoms with E-state index >= 15 is 0 Å². The third-order valence-corrected chi connectivity index (χ3v) is 6.33. The van der Waals surface area contributed by atoms with Crippen molar-refractivity contribution < 1.29 is 0 Å². The predicted molar refractivity (Wildman–Crippen MR) is 182 cm³/mol. The molecule has 0 radical (unpaired) electrons. The standard InChI is InChI=1S/3C7H12N2.2C6H11N3/c1-6(2)7-4-8-9(3)5-7;1-6(2)9-5-7(3)4-8-9;1-5(2)7-4-6(3)8-9-7;1-5(2)6-4-9(3)8-7-6;1-5(2)9-4-6(3)7-8-9/h2*4-6H,1-3H3;4-5H,1-3H3,(H,8,9);2*4-5H,1-3H3. The zero-order chi connectivity index (χ0) is 34.3. The summed E-state index contributed by atoms with van der Waals surface area (Å²) < 4.78 is 7.34. The van der Waals surface area contributed by atoms with Gasteiger partial charge >= 0.3 is 0 Å². The molecule has 45 heavy (non-hydrogen) atoms. The molecule has 0 fully saturated rings. The third kappa shape index (κ3) is 15.5. The van der Waals surface area contributed by atoms with E-state index in [2.05, 4.69) is 116 Å². The summed E-state index contributed by atoms with van der Waals surface area (Å²) in [6.07, 6.45) is 11.7. The van der Waals surface area contributed by atoms with E-state index in [0.29, 0.717) is 29.8 Å². The van der Waals surface area contributed by atoms with E-state index in [0.717, 1.165) is 22.8 Å². The van der Waals surface area contributed by atoms with Crippen molar-refractivity contribution in [2.24, 2.45) is 14.1 Å². The van der Waals surface area contributed by atoms with E-state index in [1.54, 1.807) is 4.68 Å². The van der Waals surface area contributed by atoms with Gasteiger partial charge in [-0.1, -0.05) is 52.0 Å². The van der Waals surface area contributed by atoms with Crippen molar-refractivity contribution in [3.8, 4) is 0 Å². The van der Waals surface area contributed by atoms with Crippen LogP contribution in [0.25, 0.3) is 0 Å².